The Balaban J connectivity index is 2.60. The van der Waals surface area contributed by atoms with E-state index in [0.29, 0.717) is 0 Å². The number of carbonyl (C=O) groups is 1. The lowest BCUT2D eigenvalue weighted by molar-refractivity contribution is -0.158. The van der Waals surface area contributed by atoms with Gasteiger partial charge in [-0.25, -0.2) is 0 Å². The van der Waals surface area contributed by atoms with E-state index in [1.807, 2.05) is 0 Å². The minimum Gasteiger partial charge on any atom is -0.480 e. The topological polar surface area (TPSA) is 104 Å². The van der Waals surface area contributed by atoms with E-state index in [4.69, 9.17) is 21.1 Å². The van der Waals surface area contributed by atoms with Gasteiger partial charge in [0.05, 0.1) is 13.2 Å². The van der Waals surface area contributed by atoms with Gasteiger partial charge in [0.15, 0.2) is 0 Å². The predicted octanol–water partition coefficient (Wildman–Crippen LogP) is -1.47. The highest BCUT2D eigenvalue weighted by Crippen LogP contribution is 2.46. The minimum atomic E-state index is -1.24. The zero-order valence-electron chi connectivity index (χ0n) is 6.66. The summed E-state index contributed by atoms with van der Waals surface area (Å²) in [5, 5.41) is 26.3. The molecule has 0 heterocycles. The second-order valence-corrected chi connectivity index (χ2v) is 3.63. The molecule has 1 aliphatic carbocycles. The molecule has 0 aromatic carbocycles. The van der Waals surface area contributed by atoms with Gasteiger partial charge in [0.2, 0.25) is 0 Å². The van der Waals surface area contributed by atoms with Crippen molar-refractivity contribution in [2.24, 2.45) is 11.1 Å². The highest BCUT2D eigenvalue weighted by atomic mass is 16.4. The van der Waals surface area contributed by atoms with Crippen LogP contribution in [0, 0.1) is 5.41 Å². The average Bonchev–Trinajstić information content (AvgIpc) is 1.98. The van der Waals surface area contributed by atoms with Gasteiger partial charge in [-0.2, -0.15) is 0 Å². The van der Waals surface area contributed by atoms with Crippen molar-refractivity contribution < 1.29 is 20.1 Å². The van der Waals surface area contributed by atoms with Crippen molar-refractivity contribution >= 4 is 5.97 Å². The van der Waals surface area contributed by atoms with Gasteiger partial charge in [-0.05, 0) is 12.8 Å². The van der Waals surface area contributed by atoms with Crippen LogP contribution in [-0.2, 0) is 4.79 Å². The third-order valence-corrected chi connectivity index (χ3v) is 2.48. The Morgan fingerprint density at radius 1 is 1.33 bits per heavy atom. The molecule has 5 nitrogen and oxygen atoms in total. The lowest BCUT2D eigenvalue weighted by Gasteiger charge is -2.49. The van der Waals surface area contributed by atoms with Crippen molar-refractivity contribution in [3.05, 3.63) is 0 Å². The van der Waals surface area contributed by atoms with E-state index in [2.05, 4.69) is 0 Å². The molecule has 0 atom stereocenters. The molecule has 0 bridgehead atoms. The molecule has 1 aliphatic rings. The first-order chi connectivity index (χ1) is 5.48. The first kappa shape index (κ1) is 9.44. The van der Waals surface area contributed by atoms with Crippen molar-refractivity contribution in [3.8, 4) is 0 Å². The average molecular weight is 175 g/mol. The Morgan fingerprint density at radius 3 is 2.00 bits per heavy atom. The van der Waals surface area contributed by atoms with E-state index in [1.54, 1.807) is 0 Å². The molecule has 1 rings (SSSR count). The summed E-state index contributed by atoms with van der Waals surface area (Å²) in [7, 11) is 0. The van der Waals surface area contributed by atoms with Gasteiger partial charge < -0.3 is 21.1 Å². The number of hydrogen-bond donors (Lipinski definition) is 4. The lowest BCUT2D eigenvalue weighted by Crippen LogP contribution is -2.65. The molecule has 0 amide bonds. The summed E-state index contributed by atoms with van der Waals surface area (Å²) in [6.07, 6.45) is 0.282. The first-order valence-electron chi connectivity index (χ1n) is 3.72. The van der Waals surface area contributed by atoms with Crippen LogP contribution in [0.5, 0.6) is 0 Å². The van der Waals surface area contributed by atoms with Gasteiger partial charge >= 0.3 is 5.97 Å². The maximum Gasteiger partial charge on any atom is 0.323 e. The highest BCUT2D eigenvalue weighted by Gasteiger charge is 2.56. The van der Waals surface area contributed by atoms with Crippen molar-refractivity contribution in [1.29, 1.82) is 0 Å². The van der Waals surface area contributed by atoms with Crippen LogP contribution >= 0.6 is 0 Å². The second-order valence-electron chi connectivity index (χ2n) is 3.63. The summed E-state index contributed by atoms with van der Waals surface area (Å²) in [4.78, 5) is 10.5. The standard InChI is InChI=1S/C7H13NO4/c8-7(5(11)12)1-6(2-7,3-9)4-10/h9-10H,1-4,8H2,(H,11,12). The molecule has 0 aromatic heterocycles. The van der Waals surface area contributed by atoms with Gasteiger partial charge in [-0.15, -0.1) is 0 Å². The molecule has 1 saturated carbocycles. The zero-order chi connectivity index (χ0) is 9.41. The van der Waals surface area contributed by atoms with Crippen molar-refractivity contribution in [3.63, 3.8) is 0 Å². The van der Waals surface area contributed by atoms with Crippen LogP contribution in [0.3, 0.4) is 0 Å². The smallest absolute Gasteiger partial charge is 0.323 e. The summed E-state index contributed by atoms with van der Waals surface area (Å²) >= 11 is 0. The molecular formula is C7H13NO4. The molecule has 0 aliphatic heterocycles. The number of nitrogens with two attached hydrogens (primary N) is 1. The van der Waals surface area contributed by atoms with E-state index >= 15 is 0 Å². The summed E-state index contributed by atoms with van der Waals surface area (Å²) in [5.41, 5.74) is 3.53. The Kier molecular flexibility index (Phi) is 2.11. The maximum atomic E-state index is 10.5. The van der Waals surface area contributed by atoms with E-state index in [1.165, 1.54) is 0 Å². The zero-order valence-corrected chi connectivity index (χ0v) is 6.66. The lowest BCUT2D eigenvalue weighted by atomic mass is 9.58. The monoisotopic (exact) mass is 175 g/mol. The van der Waals surface area contributed by atoms with E-state index in [0.717, 1.165) is 0 Å². The predicted molar refractivity (Wildman–Crippen MR) is 40.4 cm³/mol. The Hall–Kier alpha value is -0.650. The first-order valence-corrected chi connectivity index (χ1v) is 3.72. The molecule has 12 heavy (non-hydrogen) atoms. The van der Waals surface area contributed by atoms with Crippen LogP contribution in [0.1, 0.15) is 12.8 Å². The van der Waals surface area contributed by atoms with Crippen molar-refractivity contribution in [2.45, 2.75) is 18.4 Å². The summed E-state index contributed by atoms with van der Waals surface area (Å²) in [6.45, 7) is -0.425. The molecule has 0 aromatic rings. The number of carboxylic acid groups (broad SMARTS) is 1. The van der Waals surface area contributed by atoms with Gasteiger partial charge in [-0.1, -0.05) is 0 Å². The Morgan fingerprint density at radius 2 is 1.75 bits per heavy atom. The fourth-order valence-corrected chi connectivity index (χ4v) is 1.71. The van der Waals surface area contributed by atoms with Gasteiger partial charge in [0.1, 0.15) is 5.54 Å². The van der Waals surface area contributed by atoms with Gasteiger partial charge in [-0.3, -0.25) is 4.79 Å². The number of aliphatic hydroxyl groups is 2. The molecular weight excluding hydrogens is 162 g/mol. The van der Waals surface area contributed by atoms with Crippen LogP contribution in [0.4, 0.5) is 0 Å². The van der Waals surface area contributed by atoms with E-state index in [-0.39, 0.29) is 26.1 Å². The van der Waals surface area contributed by atoms with Crippen molar-refractivity contribution in [1.82, 2.24) is 0 Å². The van der Waals surface area contributed by atoms with Crippen LogP contribution in [0.15, 0.2) is 0 Å². The largest absolute Gasteiger partial charge is 0.480 e. The quantitative estimate of drug-likeness (QED) is 0.419. The molecule has 5 N–H and O–H groups in total. The highest BCUT2D eigenvalue weighted by molar-refractivity contribution is 5.80. The SMILES string of the molecule is NC1(C(=O)O)CC(CO)(CO)C1. The molecule has 5 heteroatoms. The molecule has 1 fully saturated rings. The van der Waals surface area contributed by atoms with Crippen LogP contribution in [0.2, 0.25) is 0 Å². The normalized spacial score (nSPS) is 24.6. The summed E-state index contributed by atoms with van der Waals surface area (Å²) in [6, 6.07) is 0. The van der Waals surface area contributed by atoms with Gasteiger partial charge in [0, 0.05) is 5.41 Å². The fraction of sp³-hybridized carbons (Fsp3) is 0.857. The molecule has 0 spiro atoms. The van der Waals surface area contributed by atoms with Crippen LogP contribution in [0.25, 0.3) is 0 Å². The summed E-state index contributed by atoms with van der Waals surface area (Å²) < 4.78 is 0. The second kappa shape index (κ2) is 2.69. The van der Waals surface area contributed by atoms with E-state index in [9.17, 15) is 4.79 Å². The van der Waals surface area contributed by atoms with Crippen molar-refractivity contribution in [2.75, 3.05) is 13.2 Å². The number of carboxylic acids is 1. The van der Waals surface area contributed by atoms with Crippen LogP contribution in [-0.4, -0.2) is 40.0 Å². The third kappa shape index (κ3) is 1.20. The minimum absolute atomic E-state index is 0.141. The van der Waals surface area contributed by atoms with Gasteiger partial charge in [0.25, 0.3) is 0 Å². The maximum absolute atomic E-state index is 10.5. The fourth-order valence-electron chi connectivity index (χ4n) is 1.71. The number of hydrogen-bond acceptors (Lipinski definition) is 4. The number of aliphatic hydroxyl groups excluding tert-OH is 2. The molecule has 0 radical (unpaired) electrons. The number of rotatable bonds is 3. The Bertz CT molecular complexity index is 192. The van der Waals surface area contributed by atoms with E-state index < -0.39 is 16.9 Å². The molecule has 0 unspecified atom stereocenters. The molecule has 0 saturated heterocycles. The Labute approximate surface area is 69.8 Å². The van der Waals surface area contributed by atoms with Crippen LogP contribution < -0.4 is 5.73 Å². The third-order valence-electron chi connectivity index (χ3n) is 2.48. The number of aliphatic carboxylic acids is 1. The summed E-state index contributed by atoms with van der Waals surface area (Å²) in [5.74, 6) is -1.07. The molecule has 70 valence electrons.